The summed E-state index contributed by atoms with van der Waals surface area (Å²) in [5, 5.41) is 1.79. The molecule has 3 nitrogen and oxygen atoms in total. The monoisotopic (exact) mass is 259 g/mol. The van der Waals surface area contributed by atoms with E-state index >= 15 is 0 Å². The summed E-state index contributed by atoms with van der Waals surface area (Å²) in [7, 11) is 1.64. The van der Waals surface area contributed by atoms with Crippen molar-refractivity contribution in [3.8, 4) is 0 Å². The molecule has 0 N–H and O–H groups in total. The largest absolute Gasteiger partial charge is 0.335 e. The summed E-state index contributed by atoms with van der Waals surface area (Å²) in [6.07, 6.45) is 0. The number of carbonyl (C=O) groups excluding carboxylic acids is 2. The fourth-order valence-electron chi connectivity index (χ4n) is 1.62. The first kappa shape index (κ1) is 12.5. The van der Waals surface area contributed by atoms with Gasteiger partial charge >= 0.3 is 0 Å². The molecular formula is C14H13NO2S. The van der Waals surface area contributed by atoms with Crippen molar-refractivity contribution in [1.82, 2.24) is 4.90 Å². The first-order valence-electron chi connectivity index (χ1n) is 5.55. The van der Waals surface area contributed by atoms with Crippen LogP contribution in [0.25, 0.3) is 0 Å². The van der Waals surface area contributed by atoms with Crippen LogP contribution in [0.2, 0.25) is 0 Å². The molecule has 4 heteroatoms. The molecular weight excluding hydrogens is 246 g/mol. The average Bonchev–Trinajstić information content (AvgIpc) is 2.92. The molecule has 1 aromatic heterocycles. The SMILES string of the molecule is CN(Cc1ccccc1)C(=O)C(=O)c1cccs1. The highest BCUT2D eigenvalue weighted by Gasteiger charge is 2.21. The van der Waals surface area contributed by atoms with Gasteiger partial charge in [-0.25, -0.2) is 0 Å². The van der Waals surface area contributed by atoms with Crippen molar-refractivity contribution in [2.75, 3.05) is 7.05 Å². The van der Waals surface area contributed by atoms with Crippen molar-refractivity contribution >= 4 is 23.0 Å². The molecule has 0 fully saturated rings. The van der Waals surface area contributed by atoms with Gasteiger partial charge in [-0.05, 0) is 17.0 Å². The molecule has 0 saturated heterocycles. The van der Waals surface area contributed by atoms with Gasteiger partial charge in [-0.3, -0.25) is 9.59 Å². The minimum atomic E-state index is -0.471. The molecule has 0 aliphatic rings. The highest BCUT2D eigenvalue weighted by atomic mass is 32.1. The fraction of sp³-hybridized carbons (Fsp3) is 0.143. The quantitative estimate of drug-likeness (QED) is 0.625. The third-order valence-electron chi connectivity index (χ3n) is 2.55. The Hall–Kier alpha value is -1.94. The van der Waals surface area contributed by atoms with E-state index in [1.54, 1.807) is 24.6 Å². The van der Waals surface area contributed by atoms with E-state index in [9.17, 15) is 9.59 Å². The van der Waals surface area contributed by atoms with Crippen LogP contribution in [0.1, 0.15) is 15.2 Å². The van der Waals surface area contributed by atoms with E-state index in [-0.39, 0.29) is 0 Å². The second kappa shape index (κ2) is 5.60. The van der Waals surface area contributed by atoms with Gasteiger partial charge in [-0.1, -0.05) is 36.4 Å². The van der Waals surface area contributed by atoms with E-state index in [2.05, 4.69) is 0 Å². The minimum Gasteiger partial charge on any atom is -0.335 e. The molecule has 0 saturated carbocycles. The number of Topliss-reactive ketones (excluding diaryl/α,β-unsaturated/α-hetero) is 1. The first-order chi connectivity index (χ1) is 8.68. The first-order valence-corrected chi connectivity index (χ1v) is 6.43. The van der Waals surface area contributed by atoms with Crippen LogP contribution in [0.4, 0.5) is 0 Å². The van der Waals surface area contributed by atoms with Crippen LogP contribution >= 0.6 is 11.3 Å². The Morgan fingerprint density at radius 3 is 2.44 bits per heavy atom. The molecule has 18 heavy (non-hydrogen) atoms. The topological polar surface area (TPSA) is 37.4 Å². The van der Waals surface area contributed by atoms with Gasteiger partial charge in [-0.2, -0.15) is 0 Å². The lowest BCUT2D eigenvalue weighted by atomic mass is 10.2. The third kappa shape index (κ3) is 2.84. The fourth-order valence-corrected chi connectivity index (χ4v) is 2.27. The number of ketones is 1. The number of thiophene rings is 1. The summed E-state index contributed by atoms with van der Waals surface area (Å²) in [6, 6.07) is 13.0. The highest BCUT2D eigenvalue weighted by Crippen LogP contribution is 2.11. The van der Waals surface area contributed by atoms with Gasteiger partial charge in [0.1, 0.15) is 0 Å². The Labute approximate surface area is 110 Å². The van der Waals surface area contributed by atoms with Crippen LogP contribution in [-0.4, -0.2) is 23.6 Å². The van der Waals surface area contributed by atoms with Crippen LogP contribution in [0, 0.1) is 0 Å². The molecule has 0 unspecified atom stereocenters. The van der Waals surface area contributed by atoms with Gasteiger partial charge in [0.05, 0.1) is 4.88 Å². The zero-order valence-electron chi connectivity index (χ0n) is 10.00. The highest BCUT2D eigenvalue weighted by molar-refractivity contribution is 7.12. The number of benzene rings is 1. The van der Waals surface area contributed by atoms with Crippen LogP contribution in [0.5, 0.6) is 0 Å². The molecule has 0 bridgehead atoms. The zero-order chi connectivity index (χ0) is 13.0. The molecule has 1 heterocycles. The van der Waals surface area contributed by atoms with Crippen molar-refractivity contribution in [3.05, 3.63) is 58.3 Å². The summed E-state index contributed by atoms with van der Waals surface area (Å²) >= 11 is 1.29. The second-order valence-corrected chi connectivity index (χ2v) is 4.90. The Balaban J connectivity index is 2.03. The average molecular weight is 259 g/mol. The van der Waals surface area contributed by atoms with E-state index in [1.165, 1.54) is 16.2 Å². The standard InChI is InChI=1S/C14H13NO2S/c1-15(10-11-6-3-2-4-7-11)14(17)13(16)12-8-5-9-18-12/h2-9H,10H2,1H3. The minimum absolute atomic E-state index is 0.441. The number of likely N-dealkylation sites (N-methyl/N-ethyl adjacent to an activating group) is 1. The van der Waals surface area contributed by atoms with E-state index in [0.717, 1.165) is 5.56 Å². The van der Waals surface area contributed by atoms with Gasteiger partial charge in [-0.15, -0.1) is 11.3 Å². The number of carbonyl (C=O) groups is 2. The van der Waals surface area contributed by atoms with E-state index in [4.69, 9.17) is 0 Å². The zero-order valence-corrected chi connectivity index (χ0v) is 10.8. The summed E-state index contributed by atoms with van der Waals surface area (Å²) < 4.78 is 0. The van der Waals surface area contributed by atoms with Crippen LogP contribution in [0.3, 0.4) is 0 Å². The van der Waals surface area contributed by atoms with Gasteiger partial charge in [0.25, 0.3) is 11.7 Å². The smallest absolute Gasteiger partial charge is 0.295 e. The van der Waals surface area contributed by atoms with Crippen molar-refractivity contribution in [2.45, 2.75) is 6.54 Å². The molecule has 1 amide bonds. The predicted octanol–water partition coefficient (Wildman–Crippen LogP) is 2.59. The normalized spacial score (nSPS) is 10.1. The molecule has 0 spiro atoms. The maximum atomic E-state index is 11.9. The number of hydrogen-bond acceptors (Lipinski definition) is 3. The second-order valence-electron chi connectivity index (χ2n) is 3.95. The maximum Gasteiger partial charge on any atom is 0.295 e. The van der Waals surface area contributed by atoms with E-state index < -0.39 is 11.7 Å². The van der Waals surface area contributed by atoms with Crippen molar-refractivity contribution < 1.29 is 9.59 Å². The van der Waals surface area contributed by atoms with Crippen molar-refractivity contribution in [1.29, 1.82) is 0 Å². The number of nitrogens with zero attached hydrogens (tertiary/aromatic N) is 1. The number of rotatable bonds is 4. The number of hydrogen-bond donors (Lipinski definition) is 0. The van der Waals surface area contributed by atoms with E-state index in [0.29, 0.717) is 11.4 Å². The lowest BCUT2D eigenvalue weighted by Gasteiger charge is -2.15. The number of amides is 1. The molecule has 0 aliphatic heterocycles. The predicted molar refractivity (Wildman–Crippen MR) is 71.6 cm³/mol. The van der Waals surface area contributed by atoms with Crippen LogP contribution in [0.15, 0.2) is 47.8 Å². The van der Waals surface area contributed by atoms with Crippen LogP contribution < -0.4 is 0 Å². The van der Waals surface area contributed by atoms with Gasteiger partial charge in [0, 0.05) is 13.6 Å². The lowest BCUT2D eigenvalue weighted by Crippen LogP contribution is -2.32. The summed E-state index contributed by atoms with van der Waals surface area (Å²) in [4.78, 5) is 25.7. The Morgan fingerprint density at radius 1 is 1.11 bits per heavy atom. The van der Waals surface area contributed by atoms with Gasteiger partial charge < -0.3 is 4.90 Å². The van der Waals surface area contributed by atoms with Gasteiger partial charge in [0.2, 0.25) is 0 Å². The molecule has 0 atom stereocenters. The summed E-state index contributed by atoms with van der Waals surface area (Å²) in [5.41, 5.74) is 1.01. The summed E-state index contributed by atoms with van der Waals surface area (Å²) in [5.74, 6) is -0.912. The molecule has 2 aromatic rings. The summed E-state index contributed by atoms with van der Waals surface area (Å²) in [6.45, 7) is 0.441. The molecule has 0 aliphatic carbocycles. The molecule has 92 valence electrons. The van der Waals surface area contributed by atoms with Crippen LogP contribution in [-0.2, 0) is 11.3 Å². The Kier molecular flexibility index (Phi) is 3.89. The van der Waals surface area contributed by atoms with Crippen molar-refractivity contribution in [3.63, 3.8) is 0 Å². The lowest BCUT2D eigenvalue weighted by molar-refractivity contribution is -0.125. The third-order valence-corrected chi connectivity index (χ3v) is 3.42. The van der Waals surface area contributed by atoms with Gasteiger partial charge in [0.15, 0.2) is 0 Å². The Bertz CT molecular complexity index is 534. The maximum absolute atomic E-state index is 11.9. The molecule has 1 aromatic carbocycles. The van der Waals surface area contributed by atoms with E-state index in [1.807, 2.05) is 30.3 Å². The molecule has 0 radical (unpaired) electrons. The Morgan fingerprint density at radius 2 is 1.83 bits per heavy atom. The molecule has 2 rings (SSSR count). The van der Waals surface area contributed by atoms with Crippen molar-refractivity contribution in [2.24, 2.45) is 0 Å².